The molecule has 0 bridgehead atoms. The number of nitrogens with one attached hydrogen (secondary N) is 1. The fraction of sp³-hybridized carbons (Fsp3) is 0.143. The predicted octanol–water partition coefficient (Wildman–Crippen LogP) is 2.95. The highest BCUT2D eigenvalue weighted by Gasteiger charge is 2.34. The molecular formula is C7H4BrF3N2O2. The average Bonchev–Trinajstić information content (AvgIpc) is 1.99. The summed E-state index contributed by atoms with van der Waals surface area (Å²) in [5, 5.41) is 9.98. The average molecular weight is 285 g/mol. The molecule has 15 heavy (non-hydrogen) atoms. The summed E-state index contributed by atoms with van der Waals surface area (Å²) >= 11 is 2.84. The van der Waals surface area contributed by atoms with Crippen molar-refractivity contribution in [2.45, 2.75) is 6.18 Å². The quantitative estimate of drug-likeness (QED) is 0.780. The summed E-state index contributed by atoms with van der Waals surface area (Å²) in [7, 11) is 0. The number of hydrogen-bond acceptors (Lipinski definition) is 2. The van der Waals surface area contributed by atoms with E-state index >= 15 is 0 Å². The van der Waals surface area contributed by atoms with Crippen LogP contribution in [-0.4, -0.2) is 16.2 Å². The molecule has 1 aromatic heterocycles. The molecule has 2 N–H and O–H groups in total. The van der Waals surface area contributed by atoms with Gasteiger partial charge in [-0.25, -0.2) is 9.78 Å². The first kappa shape index (κ1) is 11.8. The van der Waals surface area contributed by atoms with Crippen LogP contribution in [0, 0.1) is 0 Å². The number of rotatable bonds is 1. The first-order valence-corrected chi connectivity index (χ1v) is 4.32. The number of alkyl halides is 3. The monoisotopic (exact) mass is 284 g/mol. The highest BCUT2D eigenvalue weighted by atomic mass is 79.9. The van der Waals surface area contributed by atoms with Gasteiger partial charge in [0.15, 0.2) is 0 Å². The number of amides is 1. The SMILES string of the molecule is O=C(O)Nc1cc(Br)ncc1C(F)(F)F. The predicted molar refractivity (Wildman–Crippen MR) is 48.6 cm³/mol. The molecule has 82 valence electrons. The molecule has 0 aliphatic carbocycles. The lowest BCUT2D eigenvalue weighted by Crippen LogP contribution is -2.15. The van der Waals surface area contributed by atoms with Crippen molar-refractivity contribution >= 4 is 27.7 Å². The van der Waals surface area contributed by atoms with Gasteiger partial charge in [-0.2, -0.15) is 13.2 Å². The van der Waals surface area contributed by atoms with Crippen molar-refractivity contribution in [2.75, 3.05) is 5.32 Å². The molecule has 0 unspecified atom stereocenters. The van der Waals surface area contributed by atoms with Gasteiger partial charge in [0.1, 0.15) is 4.60 Å². The van der Waals surface area contributed by atoms with Crippen molar-refractivity contribution in [2.24, 2.45) is 0 Å². The Labute approximate surface area is 90.3 Å². The maximum atomic E-state index is 12.3. The highest BCUT2D eigenvalue weighted by molar-refractivity contribution is 9.10. The van der Waals surface area contributed by atoms with Crippen molar-refractivity contribution in [1.29, 1.82) is 0 Å². The molecule has 0 aliphatic heterocycles. The van der Waals surface area contributed by atoms with Crippen molar-refractivity contribution in [3.8, 4) is 0 Å². The van der Waals surface area contributed by atoms with Gasteiger partial charge in [0.05, 0.1) is 11.3 Å². The maximum Gasteiger partial charge on any atom is 0.419 e. The molecule has 1 aromatic rings. The summed E-state index contributed by atoms with van der Waals surface area (Å²) in [5.74, 6) is 0. The largest absolute Gasteiger partial charge is 0.465 e. The standard InChI is InChI=1S/C7H4BrF3N2O2/c8-5-1-4(13-6(14)15)3(2-12-5)7(9,10)11/h1-2H,(H,12,13)(H,14,15). The van der Waals surface area contributed by atoms with E-state index in [0.717, 1.165) is 6.07 Å². The summed E-state index contributed by atoms with van der Waals surface area (Å²) in [6, 6.07) is 0.941. The van der Waals surface area contributed by atoms with Gasteiger partial charge >= 0.3 is 12.3 Å². The van der Waals surface area contributed by atoms with Crippen LogP contribution >= 0.6 is 15.9 Å². The Hall–Kier alpha value is -1.31. The Balaban J connectivity index is 3.20. The fourth-order valence-corrected chi connectivity index (χ4v) is 1.21. The number of anilines is 1. The minimum atomic E-state index is -4.65. The number of pyridine rings is 1. The van der Waals surface area contributed by atoms with Gasteiger partial charge in [0.25, 0.3) is 0 Å². The first-order valence-electron chi connectivity index (χ1n) is 3.53. The number of halogens is 4. The van der Waals surface area contributed by atoms with E-state index < -0.39 is 23.5 Å². The Morgan fingerprint density at radius 1 is 1.53 bits per heavy atom. The van der Waals surface area contributed by atoms with Crippen LogP contribution in [0.4, 0.5) is 23.7 Å². The third kappa shape index (κ3) is 3.08. The van der Waals surface area contributed by atoms with Gasteiger partial charge in [-0.1, -0.05) is 0 Å². The lowest BCUT2D eigenvalue weighted by molar-refractivity contribution is -0.137. The second-order valence-corrected chi connectivity index (χ2v) is 3.29. The first-order chi connectivity index (χ1) is 6.80. The van der Waals surface area contributed by atoms with Crippen LogP contribution in [0.2, 0.25) is 0 Å². The van der Waals surface area contributed by atoms with Crippen molar-refractivity contribution < 1.29 is 23.1 Å². The topological polar surface area (TPSA) is 62.2 Å². The van der Waals surface area contributed by atoms with E-state index in [1.807, 2.05) is 0 Å². The molecule has 1 rings (SSSR count). The maximum absolute atomic E-state index is 12.3. The zero-order chi connectivity index (χ0) is 11.6. The highest BCUT2D eigenvalue weighted by Crippen LogP contribution is 2.35. The third-order valence-electron chi connectivity index (χ3n) is 1.42. The van der Waals surface area contributed by atoms with E-state index in [-0.39, 0.29) is 4.60 Å². The smallest absolute Gasteiger partial charge is 0.419 e. The van der Waals surface area contributed by atoms with E-state index in [1.54, 1.807) is 5.32 Å². The van der Waals surface area contributed by atoms with Gasteiger partial charge < -0.3 is 5.11 Å². The van der Waals surface area contributed by atoms with E-state index in [0.29, 0.717) is 6.20 Å². The molecule has 0 saturated carbocycles. The third-order valence-corrected chi connectivity index (χ3v) is 1.85. The summed E-state index contributed by atoms with van der Waals surface area (Å²) in [5.41, 5.74) is -1.69. The summed E-state index contributed by atoms with van der Waals surface area (Å²) < 4.78 is 37.1. The van der Waals surface area contributed by atoms with Crippen molar-refractivity contribution in [3.05, 3.63) is 22.4 Å². The molecule has 1 amide bonds. The van der Waals surface area contributed by atoms with Crippen LogP contribution in [0.5, 0.6) is 0 Å². The zero-order valence-corrected chi connectivity index (χ0v) is 8.56. The minimum absolute atomic E-state index is 0.110. The van der Waals surface area contributed by atoms with Gasteiger partial charge in [0.2, 0.25) is 0 Å². The molecule has 0 radical (unpaired) electrons. The Morgan fingerprint density at radius 3 is 2.60 bits per heavy atom. The van der Waals surface area contributed by atoms with Gasteiger partial charge in [-0.05, 0) is 22.0 Å². The van der Waals surface area contributed by atoms with Gasteiger partial charge in [-0.15, -0.1) is 0 Å². The molecule has 0 atom stereocenters. The molecule has 8 heteroatoms. The van der Waals surface area contributed by atoms with Crippen LogP contribution in [-0.2, 0) is 6.18 Å². The number of hydrogen-bond donors (Lipinski definition) is 2. The molecule has 0 spiro atoms. The van der Waals surface area contributed by atoms with Crippen molar-refractivity contribution in [1.82, 2.24) is 4.98 Å². The minimum Gasteiger partial charge on any atom is -0.465 e. The fourth-order valence-electron chi connectivity index (χ4n) is 0.874. The van der Waals surface area contributed by atoms with E-state index in [1.165, 1.54) is 0 Å². The van der Waals surface area contributed by atoms with E-state index in [4.69, 9.17) is 5.11 Å². The van der Waals surface area contributed by atoms with Crippen LogP contribution in [0.3, 0.4) is 0 Å². The molecule has 0 aliphatic rings. The number of aromatic nitrogens is 1. The Kier molecular flexibility index (Phi) is 3.18. The lowest BCUT2D eigenvalue weighted by atomic mass is 10.2. The Morgan fingerprint density at radius 2 is 2.13 bits per heavy atom. The second kappa shape index (κ2) is 4.05. The van der Waals surface area contributed by atoms with E-state index in [2.05, 4.69) is 20.9 Å². The molecule has 0 aromatic carbocycles. The van der Waals surface area contributed by atoms with Gasteiger partial charge in [0, 0.05) is 6.20 Å². The molecule has 1 heterocycles. The normalized spacial score (nSPS) is 11.2. The Bertz CT molecular complexity index is 394. The summed E-state index contributed by atoms with van der Waals surface area (Å²) in [6.07, 6.45) is -5.67. The number of carbonyl (C=O) groups is 1. The van der Waals surface area contributed by atoms with Crippen LogP contribution < -0.4 is 5.32 Å². The molecule has 0 fully saturated rings. The van der Waals surface area contributed by atoms with Crippen LogP contribution in [0.15, 0.2) is 16.9 Å². The van der Waals surface area contributed by atoms with Crippen LogP contribution in [0.25, 0.3) is 0 Å². The molecule has 4 nitrogen and oxygen atoms in total. The van der Waals surface area contributed by atoms with Gasteiger partial charge in [-0.3, -0.25) is 5.32 Å². The zero-order valence-electron chi connectivity index (χ0n) is 6.97. The second-order valence-electron chi connectivity index (χ2n) is 2.48. The lowest BCUT2D eigenvalue weighted by Gasteiger charge is -2.11. The van der Waals surface area contributed by atoms with Crippen molar-refractivity contribution in [3.63, 3.8) is 0 Å². The molecular weight excluding hydrogens is 281 g/mol. The van der Waals surface area contributed by atoms with Crippen LogP contribution in [0.1, 0.15) is 5.56 Å². The van der Waals surface area contributed by atoms with E-state index in [9.17, 15) is 18.0 Å². The number of nitrogens with zero attached hydrogens (tertiary/aromatic N) is 1. The summed E-state index contributed by atoms with van der Waals surface area (Å²) in [6.45, 7) is 0. The number of carboxylic acid groups (broad SMARTS) is 1. The molecule has 0 saturated heterocycles. The summed E-state index contributed by atoms with van der Waals surface area (Å²) in [4.78, 5) is 13.6.